The van der Waals surface area contributed by atoms with Gasteiger partial charge in [-0.25, -0.2) is 0 Å². The molecular weight excluding hydrogens is 341 g/mol. The number of hydrogen-bond donors (Lipinski definition) is 1. The van der Waals surface area contributed by atoms with Gasteiger partial charge in [-0.05, 0) is 57.8 Å². The first kappa shape index (κ1) is 19.4. The second-order valence-corrected chi connectivity index (χ2v) is 7.85. The predicted octanol–water partition coefficient (Wildman–Crippen LogP) is 5.36. The lowest BCUT2D eigenvalue weighted by Crippen LogP contribution is -2.15. The Morgan fingerprint density at radius 1 is 0.870 bits per heavy atom. The number of azo groups is 2. The van der Waals surface area contributed by atoms with E-state index in [-0.39, 0.29) is 27.1 Å². The van der Waals surface area contributed by atoms with Crippen molar-refractivity contribution in [3.63, 3.8) is 0 Å². The largest absolute Gasteiger partial charge is 0.594 e. The van der Waals surface area contributed by atoms with Crippen molar-refractivity contribution in [2.75, 3.05) is 5.73 Å². The highest BCUT2D eigenvalue weighted by atomic mass is 35.5. The van der Waals surface area contributed by atoms with Gasteiger partial charge in [0.05, 0.1) is 0 Å². The van der Waals surface area contributed by atoms with E-state index in [1.165, 1.54) is 6.07 Å². The molecule has 0 heterocycles. The van der Waals surface area contributed by atoms with Gasteiger partial charge in [0.1, 0.15) is 21.1 Å². The molecule has 0 aliphatic heterocycles. The summed E-state index contributed by atoms with van der Waals surface area (Å²) in [5.74, 6) is 0. The standard InChI is InChI=1S/C14H21Cl2N5O2/c1-13(2,3)18-20(22)11-8(15)7-9(16)12(10(11)17)21(23)19-14(4,5)6/h7H,17H2,1-6H3. The fraction of sp³-hybridized carbons (Fsp3) is 0.571. The quantitative estimate of drug-likeness (QED) is 0.331. The summed E-state index contributed by atoms with van der Waals surface area (Å²) < 4.78 is 0. The maximum atomic E-state index is 12.3. The molecule has 0 fully saturated rings. The average Bonchev–Trinajstić information content (AvgIpc) is 2.21. The van der Waals surface area contributed by atoms with Gasteiger partial charge in [0.2, 0.25) is 0 Å². The van der Waals surface area contributed by atoms with Gasteiger partial charge < -0.3 is 16.1 Å². The molecule has 0 atom stereocenters. The Hall–Kier alpha value is -1.60. The van der Waals surface area contributed by atoms with E-state index in [1.54, 1.807) is 41.5 Å². The van der Waals surface area contributed by atoms with Gasteiger partial charge in [0.15, 0.2) is 5.69 Å². The van der Waals surface area contributed by atoms with E-state index < -0.39 is 11.1 Å². The molecule has 0 unspecified atom stereocenters. The molecule has 23 heavy (non-hydrogen) atoms. The van der Waals surface area contributed by atoms with Crippen LogP contribution in [-0.4, -0.2) is 20.8 Å². The van der Waals surface area contributed by atoms with Crippen LogP contribution in [0.4, 0.5) is 17.1 Å². The van der Waals surface area contributed by atoms with Crippen LogP contribution < -0.4 is 5.73 Å². The third-order valence-corrected chi connectivity index (χ3v) is 2.96. The highest BCUT2D eigenvalue weighted by Crippen LogP contribution is 2.43. The van der Waals surface area contributed by atoms with E-state index in [0.717, 1.165) is 0 Å². The number of nitrogens with two attached hydrogens (primary N) is 1. The van der Waals surface area contributed by atoms with Crippen molar-refractivity contribution >= 4 is 40.3 Å². The molecule has 128 valence electrons. The molecule has 0 aromatic heterocycles. The van der Waals surface area contributed by atoms with Crippen LogP contribution in [0, 0.1) is 10.4 Å². The minimum Gasteiger partial charge on any atom is -0.594 e. The molecule has 9 heteroatoms. The van der Waals surface area contributed by atoms with Crippen LogP contribution in [0.2, 0.25) is 10.0 Å². The topological polar surface area (TPSA) is 103 Å². The fourth-order valence-electron chi connectivity index (χ4n) is 1.65. The maximum Gasteiger partial charge on any atom is 0.292 e. The lowest BCUT2D eigenvalue weighted by atomic mass is 10.1. The van der Waals surface area contributed by atoms with Crippen molar-refractivity contribution in [1.29, 1.82) is 0 Å². The Bertz CT molecular complexity index is 619. The second-order valence-electron chi connectivity index (χ2n) is 7.04. The van der Waals surface area contributed by atoms with Gasteiger partial charge in [-0.2, -0.15) is 0 Å². The van der Waals surface area contributed by atoms with Crippen molar-refractivity contribution in [3.8, 4) is 0 Å². The van der Waals surface area contributed by atoms with Gasteiger partial charge in [0.25, 0.3) is 11.4 Å². The molecule has 2 N–H and O–H groups in total. The number of nitrogen functional groups attached to an aromatic ring is 1. The molecule has 0 amide bonds. The Morgan fingerprint density at radius 2 is 1.17 bits per heavy atom. The van der Waals surface area contributed by atoms with Crippen LogP contribution in [0.5, 0.6) is 0 Å². The molecule has 0 aliphatic carbocycles. The molecule has 1 aromatic carbocycles. The third kappa shape index (κ3) is 5.21. The van der Waals surface area contributed by atoms with Crippen molar-refractivity contribution in [2.45, 2.75) is 52.6 Å². The number of benzene rings is 1. The lowest BCUT2D eigenvalue weighted by molar-refractivity contribution is -0.456. The van der Waals surface area contributed by atoms with E-state index in [0.29, 0.717) is 9.72 Å². The summed E-state index contributed by atoms with van der Waals surface area (Å²) in [4.78, 5) is 0.616. The summed E-state index contributed by atoms with van der Waals surface area (Å²) >= 11 is 12.1. The Morgan fingerprint density at radius 3 is 1.43 bits per heavy atom. The van der Waals surface area contributed by atoms with Gasteiger partial charge in [-0.3, -0.25) is 0 Å². The Labute approximate surface area is 145 Å². The van der Waals surface area contributed by atoms with Crippen LogP contribution in [0.25, 0.3) is 0 Å². The van der Waals surface area contributed by atoms with E-state index in [9.17, 15) is 10.4 Å². The lowest BCUT2D eigenvalue weighted by Gasteiger charge is -2.14. The van der Waals surface area contributed by atoms with E-state index in [4.69, 9.17) is 28.9 Å². The van der Waals surface area contributed by atoms with Crippen LogP contribution in [0.15, 0.2) is 16.3 Å². The van der Waals surface area contributed by atoms with Crippen LogP contribution in [-0.2, 0) is 0 Å². The molecular formula is C14H21Cl2N5O2. The summed E-state index contributed by atoms with van der Waals surface area (Å²) in [6.45, 7) is 10.5. The molecule has 7 nitrogen and oxygen atoms in total. The first-order valence-electron chi connectivity index (χ1n) is 6.90. The number of halogens is 2. The zero-order valence-corrected chi connectivity index (χ0v) is 15.5. The summed E-state index contributed by atoms with van der Waals surface area (Å²) in [5.41, 5.74) is 4.22. The van der Waals surface area contributed by atoms with Crippen LogP contribution in [0.3, 0.4) is 0 Å². The van der Waals surface area contributed by atoms with E-state index in [2.05, 4.69) is 10.2 Å². The maximum absolute atomic E-state index is 12.3. The molecule has 0 aliphatic rings. The summed E-state index contributed by atoms with van der Waals surface area (Å²) in [6, 6.07) is 1.27. The molecule has 0 radical (unpaired) electrons. The van der Waals surface area contributed by atoms with Crippen LogP contribution in [0.1, 0.15) is 41.5 Å². The monoisotopic (exact) mass is 361 g/mol. The number of rotatable bonds is 2. The van der Waals surface area contributed by atoms with Gasteiger partial charge in [-0.1, -0.05) is 32.9 Å². The zero-order chi connectivity index (χ0) is 18.2. The number of anilines is 1. The van der Waals surface area contributed by atoms with Crippen molar-refractivity contribution in [2.24, 2.45) is 10.2 Å². The highest BCUT2D eigenvalue weighted by Gasteiger charge is 2.30. The molecule has 1 rings (SSSR count). The van der Waals surface area contributed by atoms with E-state index in [1.807, 2.05) is 0 Å². The first-order chi connectivity index (χ1) is 10.2. The van der Waals surface area contributed by atoms with Crippen molar-refractivity contribution in [3.05, 3.63) is 26.5 Å². The summed E-state index contributed by atoms with van der Waals surface area (Å²) in [7, 11) is 0. The van der Waals surface area contributed by atoms with Crippen LogP contribution >= 0.6 is 23.2 Å². The van der Waals surface area contributed by atoms with Crippen molar-refractivity contribution < 1.29 is 9.72 Å². The SMILES string of the molecule is CC(C)(C)N=[N+]([O-])c1c(Cl)cc(Cl)c([N+]([O-])=NC(C)(C)C)c1N. The highest BCUT2D eigenvalue weighted by molar-refractivity contribution is 6.38. The minimum absolute atomic E-state index is 0.00316. The zero-order valence-electron chi connectivity index (χ0n) is 14.0. The Kier molecular flexibility index (Phi) is 5.49. The molecule has 0 saturated heterocycles. The number of hydrogen-bond acceptors (Lipinski definition) is 5. The van der Waals surface area contributed by atoms with Crippen molar-refractivity contribution in [1.82, 2.24) is 0 Å². The average molecular weight is 362 g/mol. The fourth-order valence-corrected chi connectivity index (χ4v) is 2.27. The Balaban J connectivity index is 3.63. The smallest absolute Gasteiger partial charge is 0.292 e. The molecule has 1 aromatic rings. The molecule has 0 saturated carbocycles. The van der Waals surface area contributed by atoms with Gasteiger partial charge in [-0.15, -0.1) is 0 Å². The predicted molar refractivity (Wildman–Crippen MR) is 91.8 cm³/mol. The minimum atomic E-state index is -0.649. The molecule has 0 spiro atoms. The third-order valence-electron chi connectivity index (χ3n) is 2.38. The molecule has 0 bridgehead atoms. The number of nitrogens with zero attached hydrogens (tertiary/aromatic N) is 4. The normalized spacial score (nSPS) is 14.3. The summed E-state index contributed by atoms with van der Waals surface area (Å²) in [6.07, 6.45) is 0. The van der Waals surface area contributed by atoms with Gasteiger partial charge >= 0.3 is 0 Å². The van der Waals surface area contributed by atoms with Gasteiger partial charge in [0, 0.05) is 0 Å². The van der Waals surface area contributed by atoms with E-state index >= 15 is 0 Å². The first-order valence-corrected chi connectivity index (χ1v) is 7.66. The summed E-state index contributed by atoms with van der Waals surface area (Å²) in [5, 5.41) is 32.4. The second kappa shape index (κ2) is 6.49.